The third-order valence-electron chi connectivity index (χ3n) is 4.60. The standard InChI is InChI=1S/C21H14N2O5/c1-13-6-7-15(23(26)27)10-17(13)19-8-9-20(28-19)21(25)22-11-14(12-24)16-4-2-3-5-18(16)22/h2-12H,1H3. The van der Waals surface area contributed by atoms with Crippen molar-refractivity contribution in [2.75, 3.05) is 0 Å². The van der Waals surface area contributed by atoms with E-state index in [9.17, 15) is 19.7 Å². The van der Waals surface area contributed by atoms with Crippen LogP contribution in [0.4, 0.5) is 5.69 Å². The minimum Gasteiger partial charge on any atom is -0.451 e. The first kappa shape index (κ1) is 17.4. The van der Waals surface area contributed by atoms with Crippen molar-refractivity contribution in [3.05, 3.63) is 87.8 Å². The van der Waals surface area contributed by atoms with Gasteiger partial charge in [-0.1, -0.05) is 24.3 Å². The zero-order chi connectivity index (χ0) is 19.8. The first-order valence-corrected chi connectivity index (χ1v) is 8.45. The van der Waals surface area contributed by atoms with Crippen molar-refractivity contribution in [1.29, 1.82) is 0 Å². The molecule has 0 saturated heterocycles. The minimum absolute atomic E-state index is 0.0584. The molecule has 0 aliphatic heterocycles. The van der Waals surface area contributed by atoms with Crippen molar-refractivity contribution in [3.8, 4) is 11.3 Å². The molecule has 0 radical (unpaired) electrons. The fourth-order valence-electron chi connectivity index (χ4n) is 3.17. The van der Waals surface area contributed by atoms with Crippen LogP contribution >= 0.6 is 0 Å². The molecular formula is C21H14N2O5. The second kappa shape index (κ2) is 6.62. The van der Waals surface area contributed by atoms with Crippen LogP contribution in [0.2, 0.25) is 0 Å². The number of aldehydes is 1. The molecule has 138 valence electrons. The quantitative estimate of drug-likeness (QED) is 0.295. The number of para-hydroxylation sites is 1. The van der Waals surface area contributed by atoms with Crippen LogP contribution < -0.4 is 0 Å². The Labute approximate surface area is 159 Å². The van der Waals surface area contributed by atoms with Crippen LogP contribution in [0, 0.1) is 17.0 Å². The van der Waals surface area contributed by atoms with E-state index in [2.05, 4.69) is 0 Å². The summed E-state index contributed by atoms with van der Waals surface area (Å²) >= 11 is 0. The Hall–Kier alpha value is -4.00. The number of carbonyl (C=O) groups is 2. The molecular weight excluding hydrogens is 360 g/mol. The van der Waals surface area contributed by atoms with Gasteiger partial charge in [-0.25, -0.2) is 0 Å². The molecule has 0 atom stereocenters. The summed E-state index contributed by atoms with van der Waals surface area (Å²) in [5.74, 6) is -0.00522. The average molecular weight is 374 g/mol. The van der Waals surface area contributed by atoms with Crippen LogP contribution in [-0.2, 0) is 0 Å². The number of nitro groups is 1. The van der Waals surface area contributed by atoms with Crippen LogP contribution in [0.3, 0.4) is 0 Å². The summed E-state index contributed by atoms with van der Waals surface area (Å²) in [6, 6.07) is 14.7. The normalized spacial score (nSPS) is 10.9. The van der Waals surface area contributed by atoms with E-state index in [-0.39, 0.29) is 11.4 Å². The van der Waals surface area contributed by atoms with Gasteiger partial charge in [-0.15, -0.1) is 0 Å². The zero-order valence-electron chi connectivity index (χ0n) is 14.8. The number of benzene rings is 2. The van der Waals surface area contributed by atoms with Gasteiger partial charge in [-0.05, 0) is 30.7 Å². The predicted octanol–water partition coefficient (Wildman–Crippen LogP) is 4.62. The molecule has 0 bridgehead atoms. The number of rotatable bonds is 4. The Kier molecular flexibility index (Phi) is 4.12. The Morgan fingerprint density at radius 2 is 1.93 bits per heavy atom. The molecule has 0 spiro atoms. The molecule has 4 aromatic rings. The molecule has 2 heterocycles. The number of nitro benzene ring substituents is 1. The van der Waals surface area contributed by atoms with Crippen LogP contribution in [0.5, 0.6) is 0 Å². The molecule has 0 amide bonds. The van der Waals surface area contributed by atoms with Gasteiger partial charge in [0.2, 0.25) is 0 Å². The van der Waals surface area contributed by atoms with Gasteiger partial charge in [-0.2, -0.15) is 0 Å². The number of aryl methyl sites for hydroxylation is 1. The molecule has 28 heavy (non-hydrogen) atoms. The molecule has 7 heteroatoms. The highest BCUT2D eigenvalue weighted by Gasteiger charge is 2.20. The van der Waals surface area contributed by atoms with E-state index in [1.54, 1.807) is 43.3 Å². The van der Waals surface area contributed by atoms with Crippen molar-refractivity contribution >= 4 is 28.8 Å². The maximum atomic E-state index is 12.9. The van der Waals surface area contributed by atoms with Crippen LogP contribution in [0.1, 0.15) is 26.5 Å². The molecule has 0 unspecified atom stereocenters. The second-order valence-corrected chi connectivity index (χ2v) is 6.31. The second-order valence-electron chi connectivity index (χ2n) is 6.31. The number of hydrogen-bond donors (Lipinski definition) is 0. The smallest absolute Gasteiger partial charge is 0.298 e. The lowest BCUT2D eigenvalue weighted by atomic mass is 10.1. The Morgan fingerprint density at radius 3 is 2.68 bits per heavy atom. The third kappa shape index (κ3) is 2.79. The molecule has 0 aliphatic rings. The van der Waals surface area contributed by atoms with Gasteiger partial charge in [0.05, 0.1) is 10.4 Å². The van der Waals surface area contributed by atoms with Crippen molar-refractivity contribution in [1.82, 2.24) is 4.57 Å². The number of non-ortho nitro benzene ring substituents is 1. The monoisotopic (exact) mass is 374 g/mol. The number of aromatic nitrogens is 1. The van der Waals surface area contributed by atoms with Gasteiger partial charge < -0.3 is 4.42 Å². The fourth-order valence-corrected chi connectivity index (χ4v) is 3.17. The molecule has 2 aromatic carbocycles. The van der Waals surface area contributed by atoms with Crippen molar-refractivity contribution in [3.63, 3.8) is 0 Å². The molecule has 0 N–H and O–H groups in total. The van der Waals surface area contributed by atoms with Gasteiger partial charge in [-0.3, -0.25) is 24.3 Å². The van der Waals surface area contributed by atoms with Crippen molar-refractivity contribution < 1.29 is 18.9 Å². The number of fused-ring (bicyclic) bond motifs is 1. The van der Waals surface area contributed by atoms with E-state index in [0.29, 0.717) is 34.1 Å². The molecule has 0 fully saturated rings. The number of furan rings is 1. The topological polar surface area (TPSA) is 95.4 Å². The molecule has 2 aromatic heterocycles. The van der Waals surface area contributed by atoms with E-state index in [1.165, 1.54) is 29.0 Å². The molecule has 0 aliphatic carbocycles. The van der Waals surface area contributed by atoms with Crippen molar-refractivity contribution in [2.24, 2.45) is 0 Å². The number of nitrogens with zero attached hydrogens (tertiary/aromatic N) is 2. The largest absolute Gasteiger partial charge is 0.451 e. The summed E-state index contributed by atoms with van der Waals surface area (Å²) in [4.78, 5) is 34.8. The molecule has 4 rings (SSSR count). The molecule has 0 saturated carbocycles. The highest BCUT2D eigenvalue weighted by Crippen LogP contribution is 2.30. The first-order valence-electron chi connectivity index (χ1n) is 8.45. The maximum absolute atomic E-state index is 12.9. The fraction of sp³-hybridized carbons (Fsp3) is 0.0476. The summed E-state index contributed by atoms with van der Waals surface area (Å²) in [7, 11) is 0. The summed E-state index contributed by atoms with van der Waals surface area (Å²) in [5.41, 5.74) is 2.27. The van der Waals surface area contributed by atoms with E-state index < -0.39 is 10.8 Å². The van der Waals surface area contributed by atoms with E-state index in [4.69, 9.17) is 4.42 Å². The Morgan fingerprint density at radius 1 is 1.14 bits per heavy atom. The van der Waals surface area contributed by atoms with E-state index in [1.807, 2.05) is 0 Å². The summed E-state index contributed by atoms with van der Waals surface area (Å²) < 4.78 is 7.08. The van der Waals surface area contributed by atoms with Crippen LogP contribution in [-0.4, -0.2) is 21.7 Å². The van der Waals surface area contributed by atoms with Gasteiger partial charge in [0.15, 0.2) is 12.0 Å². The summed E-state index contributed by atoms with van der Waals surface area (Å²) in [5, 5.41) is 11.7. The first-order chi connectivity index (χ1) is 13.5. The van der Waals surface area contributed by atoms with Crippen LogP contribution in [0.15, 0.2) is 65.2 Å². The zero-order valence-corrected chi connectivity index (χ0v) is 14.8. The van der Waals surface area contributed by atoms with Gasteiger partial charge in [0.1, 0.15) is 5.76 Å². The molecule has 7 nitrogen and oxygen atoms in total. The van der Waals surface area contributed by atoms with Gasteiger partial charge >= 0.3 is 0 Å². The highest BCUT2D eigenvalue weighted by atomic mass is 16.6. The van der Waals surface area contributed by atoms with E-state index in [0.717, 1.165) is 5.56 Å². The maximum Gasteiger partial charge on any atom is 0.298 e. The minimum atomic E-state index is -0.481. The summed E-state index contributed by atoms with van der Waals surface area (Å²) in [6.45, 7) is 1.80. The average Bonchev–Trinajstić information content (AvgIpc) is 3.33. The predicted molar refractivity (Wildman–Crippen MR) is 103 cm³/mol. The lowest BCUT2D eigenvalue weighted by molar-refractivity contribution is -0.384. The SMILES string of the molecule is Cc1ccc([N+](=O)[O-])cc1-c1ccc(C(=O)n2cc(C=O)c3ccccc32)o1. The Bertz CT molecular complexity index is 1250. The number of carbonyl (C=O) groups excluding carboxylic acids is 2. The van der Waals surface area contributed by atoms with Gasteiger partial charge in [0, 0.05) is 34.8 Å². The van der Waals surface area contributed by atoms with Crippen LogP contribution in [0.25, 0.3) is 22.2 Å². The highest BCUT2D eigenvalue weighted by molar-refractivity contribution is 6.06. The van der Waals surface area contributed by atoms with E-state index >= 15 is 0 Å². The van der Waals surface area contributed by atoms with Gasteiger partial charge in [0.25, 0.3) is 11.6 Å². The summed E-state index contributed by atoms with van der Waals surface area (Å²) in [6.07, 6.45) is 2.17. The number of hydrogen-bond acceptors (Lipinski definition) is 5. The Balaban J connectivity index is 1.77. The van der Waals surface area contributed by atoms with Crippen molar-refractivity contribution in [2.45, 2.75) is 6.92 Å². The lowest BCUT2D eigenvalue weighted by Crippen LogP contribution is -2.09. The third-order valence-corrected chi connectivity index (χ3v) is 4.60. The lowest BCUT2D eigenvalue weighted by Gasteiger charge is -2.03.